The molecule has 0 spiro atoms. The first kappa shape index (κ1) is 10.4. The van der Waals surface area contributed by atoms with Crippen molar-refractivity contribution < 1.29 is 5.11 Å². The first-order valence-electron chi connectivity index (χ1n) is 4.90. The minimum Gasteiger partial charge on any atom is -0.508 e. The summed E-state index contributed by atoms with van der Waals surface area (Å²) in [6.07, 6.45) is 0. The largest absolute Gasteiger partial charge is 0.508 e. The van der Waals surface area contributed by atoms with Gasteiger partial charge in [0.1, 0.15) is 5.75 Å². The first-order valence-corrected chi connectivity index (χ1v) is 5.28. The summed E-state index contributed by atoms with van der Waals surface area (Å²) in [5.74, 6) is 0.240. The zero-order chi connectivity index (χ0) is 11.2. The van der Waals surface area contributed by atoms with E-state index >= 15 is 0 Å². The first-order chi connectivity index (χ1) is 6.89. The Hall–Kier alpha value is -1.15. The van der Waals surface area contributed by atoms with Crippen molar-refractivity contribution in [1.29, 1.82) is 0 Å². The summed E-state index contributed by atoms with van der Waals surface area (Å²) in [7, 11) is 0. The molecule has 2 rings (SSSR count). The minimum absolute atomic E-state index is 0.0221. The Morgan fingerprint density at radius 2 is 1.93 bits per heavy atom. The molecule has 0 unspecified atom stereocenters. The van der Waals surface area contributed by atoms with Gasteiger partial charge in [0.25, 0.3) is 0 Å². The number of hydrogen-bond donors (Lipinski definition) is 2. The zero-order valence-corrected chi connectivity index (χ0v) is 9.81. The summed E-state index contributed by atoms with van der Waals surface area (Å²) in [6, 6.07) is 5.18. The van der Waals surface area contributed by atoms with Crippen LogP contribution in [0.15, 0.2) is 18.2 Å². The molecule has 3 heteroatoms. The lowest BCUT2D eigenvalue weighted by Gasteiger charge is -2.16. The van der Waals surface area contributed by atoms with Crippen LogP contribution in [0.4, 0.5) is 0 Å². The van der Waals surface area contributed by atoms with Gasteiger partial charge >= 0.3 is 0 Å². The summed E-state index contributed by atoms with van der Waals surface area (Å²) < 4.78 is 0. The van der Waals surface area contributed by atoms with Gasteiger partial charge in [-0.2, -0.15) is 0 Å². The average molecular weight is 224 g/mol. The van der Waals surface area contributed by atoms with Crippen LogP contribution in [0.25, 0.3) is 10.9 Å². The second-order valence-electron chi connectivity index (χ2n) is 4.79. The predicted octanol–water partition coefficient (Wildman–Crippen LogP) is 3.82. The van der Waals surface area contributed by atoms with Crippen molar-refractivity contribution in [2.45, 2.75) is 26.2 Å². The Kier molecular flexibility index (Phi) is 2.19. The van der Waals surface area contributed by atoms with Crippen molar-refractivity contribution in [3.63, 3.8) is 0 Å². The number of aromatic nitrogens is 1. The molecule has 0 aliphatic carbocycles. The highest BCUT2D eigenvalue weighted by Crippen LogP contribution is 2.36. The monoisotopic (exact) mass is 223 g/mol. The number of halogens is 1. The number of nitrogens with one attached hydrogen (secondary N) is 1. The van der Waals surface area contributed by atoms with E-state index in [-0.39, 0.29) is 11.2 Å². The van der Waals surface area contributed by atoms with Gasteiger partial charge in [0.2, 0.25) is 0 Å². The van der Waals surface area contributed by atoms with Crippen molar-refractivity contribution in [1.82, 2.24) is 4.98 Å². The number of phenolic OH excluding ortho intramolecular Hbond substituents is 1. The predicted molar refractivity (Wildman–Crippen MR) is 63.7 cm³/mol. The highest BCUT2D eigenvalue weighted by atomic mass is 35.5. The summed E-state index contributed by atoms with van der Waals surface area (Å²) in [6.45, 7) is 6.30. The molecule has 0 fully saturated rings. The van der Waals surface area contributed by atoms with Gasteiger partial charge in [-0.05, 0) is 18.2 Å². The molecular formula is C12H14ClNO. The molecule has 1 heterocycles. The molecule has 1 aromatic heterocycles. The maximum Gasteiger partial charge on any atom is 0.116 e. The average Bonchev–Trinajstić information content (AvgIpc) is 2.43. The third kappa shape index (κ3) is 1.70. The van der Waals surface area contributed by atoms with Crippen LogP contribution in [0.3, 0.4) is 0 Å². The highest BCUT2D eigenvalue weighted by molar-refractivity contribution is 6.36. The van der Waals surface area contributed by atoms with Crippen LogP contribution in [-0.4, -0.2) is 10.1 Å². The maximum absolute atomic E-state index is 9.39. The molecule has 2 N–H and O–H groups in total. The molecule has 80 valence electrons. The quantitative estimate of drug-likeness (QED) is 0.700. The van der Waals surface area contributed by atoms with Crippen LogP contribution in [-0.2, 0) is 5.41 Å². The molecule has 1 aromatic carbocycles. The smallest absolute Gasteiger partial charge is 0.116 e. The number of aromatic hydroxyl groups is 1. The van der Waals surface area contributed by atoms with E-state index in [9.17, 15) is 5.11 Å². The molecule has 0 saturated carbocycles. The Morgan fingerprint density at radius 1 is 1.27 bits per heavy atom. The Morgan fingerprint density at radius 3 is 2.53 bits per heavy atom. The van der Waals surface area contributed by atoms with E-state index in [4.69, 9.17) is 11.6 Å². The van der Waals surface area contributed by atoms with E-state index in [1.165, 1.54) is 0 Å². The van der Waals surface area contributed by atoms with Gasteiger partial charge in [-0.1, -0.05) is 32.4 Å². The van der Waals surface area contributed by atoms with Gasteiger partial charge in [-0.3, -0.25) is 0 Å². The van der Waals surface area contributed by atoms with Gasteiger partial charge in [0, 0.05) is 22.0 Å². The van der Waals surface area contributed by atoms with Crippen molar-refractivity contribution in [3.05, 3.63) is 28.9 Å². The maximum atomic E-state index is 9.39. The van der Waals surface area contributed by atoms with Crippen LogP contribution in [0.5, 0.6) is 5.75 Å². The standard InChI is InChI=1S/C12H14ClNO/c1-12(2,3)11-10(13)8-6-7(15)4-5-9(8)14-11/h4-6,14-15H,1-3H3. The lowest BCUT2D eigenvalue weighted by molar-refractivity contribution is 0.476. The Bertz CT molecular complexity index is 508. The van der Waals surface area contributed by atoms with Gasteiger partial charge in [0.05, 0.1) is 5.02 Å². The topological polar surface area (TPSA) is 36.0 Å². The van der Waals surface area contributed by atoms with Crippen LogP contribution < -0.4 is 0 Å². The van der Waals surface area contributed by atoms with E-state index in [1.54, 1.807) is 12.1 Å². The number of rotatable bonds is 0. The van der Waals surface area contributed by atoms with Gasteiger partial charge in [0.15, 0.2) is 0 Å². The fourth-order valence-corrected chi connectivity index (χ4v) is 2.15. The molecule has 0 radical (unpaired) electrons. The van der Waals surface area contributed by atoms with Crippen molar-refractivity contribution in [2.24, 2.45) is 0 Å². The molecular weight excluding hydrogens is 210 g/mol. The molecule has 15 heavy (non-hydrogen) atoms. The Labute approximate surface area is 93.9 Å². The van der Waals surface area contributed by atoms with Crippen LogP contribution in [0, 0.1) is 0 Å². The van der Waals surface area contributed by atoms with Crippen LogP contribution in [0.1, 0.15) is 26.5 Å². The van der Waals surface area contributed by atoms with E-state index in [2.05, 4.69) is 25.8 Å². The lowest BCUT2D eigenvalue weighted by Crippen LogP contribution is -2.11. The molecule has 2 aromatic rings. The second-order valence-corrected chi connectivity index (χ2v) is 5.17. The van der Waals surface area contributed by atoms with Gasteiger partial charge in [-0.15, -0.1) is 0 Å². The normalized spacial score (nSPS) is 12.3. The number of fused-ring (bicyclic) bond motifs is 1. The number of phenols is 1. The SMILES string of the molecule is CC(C)(C)c1[nH]c2ccc(O)cc2c1Cl. The minimum atomic E-state index is -0.0221. The fourth-order valence-electron chi connectivity index (χ4n) is 1.66. The van der Waals surface area contributed by atoms with Gasteiger partial charge in [-0.25, -0.2) is 0 Å². The molecule has 0 aliphatic rings. The van der Waals surface area contributed by atoms with Crippen molar-refractivity contribution >= 4 is 22.5 Å². The number of aromatic amines is 1. The zero-order valence-electron chi connectivity index (χ0n) is 9.06. The van der Waals surface area contributed by atoms with Crippen LogP contribution >= 0.6 is 11.6 Å². The number of H-pyrrole nitrogens is 1. The third-order valence-electron chi connectivity index (χ3n) is 2.47. The van der Waals surface area contributed by atoms with Crippen molar-refractivity contribution in [2.75, 3.05) is 0 Å². The Balaban J connectivity index is 2.76. The van der Waals surface area contributed by atoms with E-state index in [0.29, 0.717) is 5.02 Å². The molecule has 0 atom stereocenters. The molecule has 0 aliphatic heterocycles. The summed E-state index contributed by atoms with van der Waals surface area (Å²) in [5, 5.41) is 11.0. The highest BCUT2D eigenvalue weighted by Gasteiger charge is 2.21. The lowest BCUT2D eigenvalue weighted by atomic mass is 9.92. The summed E-state index contributed by atoms with van der Waals surface area (Å²) >= 11 is 6.27. The van der Waals surface area contributed by atoms with E-state index in [1.807, 2.05) is 6.07 Å². The summed E-state index contributed by atoms with van der Waals surface area (Å²) in [4.78, 5) is 3.29. The molecule has 0 saturated heterocycles. The van der Waals surface area contributed by atoms with Gasteiger partial charge < -0.3 is 10.1 Å². The third-order valence-corrected chi connectivity index (χ3v) is 2.86. The number of benzene rings is 1. The molecule has 0 bridgehead atoms. The van der Waals surface area contributed by atoms with Crippen LogP contribution in [0.2, 0.25) is 5.02 Å². The van der Waals surface area contributed by atoms with E-state index < -0.39 is 0 Å². The second kappa shape index (κ2) is 3.17. The van der Waals surface area contributed by atoms with E-state index in [0.717, 1.165) is 16.6 Å². The number of hydrogen-bond acceptors (Lipinski definition) is 1. The summed E-state index contributed by atoms with van der Waals surface area (Å²) in [5.41, 5.74) is 1.94. The fraction of sp³-hybridized carbons (Fsp3) is 0.333. The molecule has 0 amide bonds. The molecule has 2 nitrogen and oxygen atoms in total. The van der Waals surface area contributed by atoms with Crippen molar-refractivity contribution in [3.8, 4) is 5.75 Å².